The molecule has 1 aromatic carbocycles. The van der Waals surface area contributed by atoms with E-state index in [9.17, 15) is 8.78 Å². The van der Waals surface area contributed by atoms with Crippen LogP contribution in [-0.2, 0) is 4.74 Å². The van der Waals surface area contributed by atoms with Gasteiger partial charge in [0.25, 0.3) is 0 Å². The van der Waals surface area contributed by atoms with Crippen LogP contribution in [0.5, 0.6) is 5.75 Å². The highest BCUT2D eigenvalue weighted by atomic mass is 19.3. The van der Waals surface area contributed by atoms with Crippen molar-refractivity contribution in [2.45, 2.75) is 32.4 Å². The second kappa shape index (κ2) is 7.24. The Morgan fingerprint density at radius 3 is 2.80 bits per heavy atom. The van der Waals surface area contributed by atoms with Crippen molar-refractivity contribution < 1.29 is 18.3 Å². The lowest BCUT2D eigenvalue weighted by atomic mass is 9.94. The van der Waals surface area contributed by atoms with E-state index in [1.807, 2.05) is 13.0 Å². The Hall–Kier alpha value is -1.62. The molecule has 0 radical (unpaired) electrons. The summed E-state index contributed by atoms with van der Waals surface area (Å²) >= 11 is 0. The molecule has 2 rings (SSSR count). The molecule has 110 valence electrons. The average Bonchev–Trinajstić information content (AvgIpc) is 2.46. The first-order valence-corrected chi connectivity index (χ1v) is 6.80. The molecule has 1 unspecified atom stereocenters. The van der Waals surface area contributed by atoms with Crippen LogP contribution in [0.1, 0.15) is 31.4 Å². The number of rotatable bonds is 6. The van der Waals surface area contributed by atoms with Crippen LogP contribution in [0.4, 0.5) is 8.78 Å². The summed E-state index contributed by atoms with van der Waals surface area (Å²) in [6.45, 7) is 0.589. The quantitative estimate of drug-likeness (QED) is 0.864. The molecule has 1 atom stereocenters. The molecule has 0 spiro atoms. The van der Waals surface area contributed by atoms with Crippen LogP contribution in [0.15, 0.2) is 36.1 Å². The van der Waals surface area contributed by atoms with Gasteiger partial charge in [-0.05, 0) is 31.0 Å². The minimum absolute atomic E-state index is 0.157. The monoisotopic (exact) mass is 283 g/mol. The minimum atomic E-state index is -2.82. The molecular formula is C15H19F2NO2. The lowest BCUT2D eigenvalue weighted by molar-refractivity contribution is -0.0506. The molecule has 3 nitrogen and oxygen atoms in total. The molecule has 0 aliphatic carbocycles. The van der Waals surface area contributed by atoms with E-state index in [-0.39, 0.29) is 11.8 Å². The van der Waals surface area contributed by atoms with Gasteiger partial charge in [0.1, 0.15) is 5.75 Å². The number of halogens is 2. The van der Waals surface area contributed by atoms with Gasteiger partial charge < -0.3 is 14.8 Å². The molecule has 1 aliphatic rings. The first kappa shape index (κ1) is 14.8. The Morgan fingerprint density at radius 2 is 2.15 bits per heavy atom. The molecule has 1 aromatic rings. The van der Waals surface area contributed by atoms with Gasteiger partial charge in [-0.15, -0.1) is 0 Å². The van der Waals surface area contributed by atoms with Crippen molar-refractivity contribution in [3.8, 4) is 5.75 Å². The molecule has 20 heavy (non-hydrogen) atoms. The number of para-hydroxylation sites is 1. The first-order chi connectivity index (χ1) is 9.72. The summed E-state index contributed by atoms with van der Waals surface area (Å²) in [6.07, 6.45) is 3.56. The Bertz CT molecular complexity index is 463. The lowest BCUT2D eigenvalue weighted by Crippen LogP contribution is -2.25. The van der Waals surface area contributed by atoms with E-state index in [1.165, 1.54) is 0 Å². The van der Waals surface area contributed by atoms with Gasteiger partial charge in [-0.3, -0.25) is 0 Å². The summed E-state index contributed by atoms with van der Waals surface area (Å²) in [6, 6.07) is 6.73. The molecule has 1 aliphatic heterocycles. The molecule has 0 amide bonds. The number of benzene rings is 1. The average molecular weight is 283 g/mol. The molecule has 1 N–H and O–H groups in total. The van der Waals surface area contributed by atoms with Gasteiger partial charge >= 0.3 is 6.61 Å². The van der Waals surface area contributed by atoms with Crippen LogP contribution in [-0.4, -0.2) is 19.8 Å². The molecule has 1 heterocycles. The van der Waals surface area contributed by atoms with Crippen molar-refractivity contribution in [1.82, 2.24) is 5.32 Å². The summed E-state index contributed by atoms with van der Waals surface area (Å²) in [7, 11) is 0. The molecule has 0 saturated carbocycles. The molecule has 0 saturated heterocycles. The van der Waals surface area contributed by atoms with Crippen molar-refractivity contribution in [1.29, 1.82) is 0 Å². The predicted molar refractivity (Wildman–Crippen MR) is 72.8 cm³/mol. The zero-order valence-corrected chi connectivity index (χ0v) is 11.4. The minimum Gasteiger partial charge on any atom is -0.501 e. The largest absolute Gasteiger partial charge is 0.501 e. The smallest absolute Gasteiger partial charge is 0.387 e. The van der Waals surface area contributed by atoms with Gasteiger partial charge in [0.05, 0.1) is 18.9 Å². The third-order valence-corrected chi connectivity index (χ3v) is 3.19. The normalized spacial score (nSPS) is 16.5. The Labute approximate surface area is 117 Å². The van der Waals surface area contributed by atoms with Gasteiger partial charge in [-0.25, -0.2) is 0 Å². The summed E-state index contributed by atoms with van der Waals surface area (Å²) in [5.74, 6) is 0.208. The number of hydrogen-bond donors (Lipinski definition) is 1. The molecular weight excluding hydrogens is 264 g/mol. The number of nitrogens with one attached hydrogen (secondary N) is 1. The van der Waals surface area contributed by atoms with Gasteiger partial charge in [0.2, 0.25) is 0 Å². The summed E-state index contributed by atoms with van der Waals surface area (Å²) in [5, 5.41) is 3.31. The highest BCUT2D eigenvalue weighted by Crippen LogP contribution is 2.33. The Morgan fingerprint density at radius 1 is 1.35 bits per heavy atom. The number of hydrogen-bond acceptors (Lipinski definition) is 3. The van der Waals surface area contributed by atoms with Crippen molar-refractivity contribution in [2.24, 2.45) is 0 Å². The third kappa shape index (κ3) is 3.70. The number of likely N-dealkylation sites (N-methyl/N-ethyl adjacent to an activating group) is 1. The van der Waals surface area contributed by atoms with E-state index in [0.717, 1.165) is 25.0 Å². The van der Waals surface area contributed by atoms with Crippen LogP contribution in [0, 0.1) is 0 Å². The van der Waals surface area contributed by atoms with E-state index in [0.29, 0.717) is 12.2 Å². The SMILES string of the molecule is CCNC(C1=COCCC1)c1ccccc1OC(F)F. The maximum atomic E-state index is 12.5. The zero-order chi connectivity index (χ0) is 14.4. The van der Waals surface area contributed by atoms with E-state index in [4.69, 9.17) is 4.74 Å². The van der Waals surface area contributed by atoms with Crippen molar-refractivity contribution >= 4 is 0 Å². The fourth-order valence-corrected chi connectivity index (χ4v) is 2.36. The molecule has 0 bridgehead atoms. The Kier molecular flexibility index (Phi) is 5.35. The topological polar surface area (TPSA) is 30.5 Å². The van der Waals surface area contributed by atoms with Crippen LogP contribution < -0.4 is 10.1 Å². The van der Waals surface area contributed by atoms with E-state index >= 15 is 0 Å². The van der Waals surface area contributed by atoms with Crippen molar-refractivity contribution in [2.75, 3.05) is 13.2 Å². The van der Waals surface area contributed by atoms with Crippen molar-refractivity contribution in [3.63, 3.8) is 0 Å². The highest BCUT2D eigenvalue weighted by Gasteiger charge is 2.22. The summed E-state index contributed by atoms with van der Waals surface area (Å²) in [5.41, 5.74) is 1.77. The molecule has 5 heteroatoms. The van der Waals surface area contributed by atoms with Gasteiger partial charge in [-0.2, -0.15) is 8.78 Å². The first-order valence-electron chi connectivity index (χ1n) is 6.80. The lowest BCUT2D eigenvalue weighted by Gasteiger charge is -2.26. The van der Waals surface area contributed by atoms with Gasteiger partial charge in [0, 0.05) is 5.56 Å². The van der Waals surface area contributed by atoms with Crippen molar-refractivity contribution in [3.05, 3.63) is 41.7 Å². The second-order valence-corrected chi connectivity index (χ2v) is 4.57. The van der Waals surface area contributed by atoms with E-state index < -0.39 is 6.61 Å². The fraction of sp³-hybridized carbons (Fsp3) is 0.467. The molecule has 0 aromatic heterocycles. The highest BCUT2D eigenvalue weighted by molar-refractivity contribution is 5.40. The summed E-state index contributed by atoms with van der Waals surface area (Å²) < 4.78 is 35.0. The van der Waals surface area contributed by atoms with E-state index in [1.54, 1.807) is 24.5 Å². The van der Waals surface area contributed by atoms with Crippen LogP contribution in [0.3, 0.4) is 0 Å². The Balaban J connectivity index is 2.30. The fourth-order valence-electron chi connectivity index (χ4n) is 2.36. The standard InChI is InChI=1S/C15H19F2NO2/c1-2-18-14(11-6-5-9-19-10-11)12-7-3-4-8-13(12)20-15(16)17/h3-4,7-8,10,14-15,18H,2,5-6,9H2,1H3. The van der Waals surface area contributed by atoms with Gasteiger partial charge in [0.15, 0.2) is 0 Å². The number of ether oxygens (including phenoxy) is 2. The maximum absolute atomic E-state index is 12.5. The van der Waals surface area contributed by atoms with Crippen LogP contribution in [0.25, 0.3) is 0 Å². The summed E-state index contributed by atoms with van der Waals surface area (Å²) in [4.78, 5) is 0. The number of alkyl halides is 2. The second-order valence-electron chi connectivity index (χ2n) is 4.57. The molecule has 0 fully saturated rings. The van der Waals surface area contributed by atoms with Crippen LogP contribution in [0.2, 0.25) is 0 Å². The third-order valence-electron chi connectivity index (χ3n) is 3.19. The van der Waals surface area contributed by atoms with Gasteiger partial charge in [-0.1, -0.05) is 25.1 Å². The van der Waals surface area contributed by atoms with Crippen LogP contribution >= 0.6 is 0 Å². The zero-order valence-electron chi connectivity index (χ0n) is 11.4. The maximum Gasteiger partial charge on any atom is 0.387 e. The predicted octanol–water partition coefficient (Wildman–Crippen LogP) is 3.63. The van der Waals surface area contributed by atoms with E-state index in [2.05, 4.69) is 10.1 Å².